The molecule has 0 radical (unpaired) electrons. The van der Waals surface area contributed by atoms with Crippen LogP contribution in [0.5, 0.6) is 0 Å². The predicted octanol–water partition coefficient (Wildman–Crippen LogP) is -0.334. The van der Waals surface area contributed by atoms with Crippen molar-refractivity contribution in [3.05, 3.63) is 29.8 Å². The van der Waals surface area contributed by atoms with Crippen molar-refractivity contribution in [2.75, 3.05) is 10.8 Å². The number of benzene rings is 1. The Kier molecular flexibility index (Phi) is 2.94. The van der Waals surface area contributed by atoms with Crippen LogP contribution in [0.3, 0.4) is 0 Å². The van der Waals surface area contributed by atoms with Gasteiger partial charge in [0.15, 0.2) is 0 Å². The van der Waals surface area contributed by atoms with Crippen molar-refractivity contribution in [2.45, 2.75) is 6.04 Å². The van der Waals surface area contributed by atoms with Gasteiger partial charge in [-0.15, -0.1) is 0 Å². The standard InChI is InChI=1S/C10H9N3O4S/c11-5-7-1-3-8(4-2-7)13-6-9(10(14)15)12-18(13,16)17/h1-4,9,12H,6H2,(H,14,15). The number of aliphatic carboxylic acids is 1. The maximum absolute atomic E-state index is 11.7. The third-order valence-corrected chi connectivity index (χ3v) is 4.03. The van der Waals surface area contributed by atoms with Gasteiger partial charge in [-0.1, -0.05) is 0 Å². The fraction of sp³-hybridized carbons (Fsp3) is 0.200. The van der Waals surface area contributed by atoms with E-state index in [1.165, 1.54) is 24.3 Å². The third kappa shape index (κ3) is 2.13. The molecule has 1 fully saturated rings. The van der Waals surface area contributed by atoms with E-state index < -0.39 is 22.2 Å². The normalized spacial score (nSPS) is 21.5. The molecule has 7 nitrogen and oxygen atoms in total. The minimum Gasteiger partial charge on any atom is -0.480 e. The van der Waals surface area contributed by atoms with E-state index in [1.807, 2.05) is 10.8 Å². The molecule has 0 bridgehead atoms. The number of carboxylic acid groups (broad SMARTS) is 1. The molecule has 2 rings (SSSR count). The van der Waals surface area contributed by atoms with Crippen LogP contribution < -0.4 is 9.03 Å². The zero-order valence-corrected chi connectivity index (χ0v) is 9.88. The first-order chi connectivity index (χ1) is 8.44. The summed E-state index contributed by atoms with van der Waals surface area (Å²) in [5, 5.41) is 17.4. The smallest absolute Gasteiger partial charge is 0.323 e. The van der Waals surface area contributed by atoms with Gasteiger partial charge in [-0.3, -0.25) is 9.10 Å². The lowest BCUT2D eigenvalue weighted by Gasteiger charge is -2.15. The number of hydrogen-bond acceptors (Lipinski definition) is 4. The molecular formula is C10H9N3O4S. The fourth-order valence-corrected chi connectivity index (χ4v) is 3.03. The molecule has 0 amide bonds. The average molecular weight is 267 g/mol. The van der Waals surface area contributed by atoms with E-state index in [2.05, 4.69) is 0 Å². The highest BCUT2D eigenvalue weighted by Crippen LogP contribution is 2.22. The molecule has 1 aliphatic rings. The Labute approximate surface area is 103 Å². The quantitative estimate of drug-likeness (QED) is 0.762. The Bertz CT molecular complexity index is 618. The molecule has 1 saturated heterocycles. The second-order valence-electron chi connectivity index (χ2n) is 3.70. The van der Waals surface area contributed by atoms with Crippen molar-refractivity contribution in [1.82, 2.24) is 4.72 Å². The number of nitriles is 1. The van der Waals surface area contributed by atoms with Crippen LogP contribution in [0.25, 0.3) is 0 Å². The molecule has 8 heteroatoms. The Hall–Kier alpha value is -2.11. The molecule has 1 heterocycles. The zero-order valence-electron chi connectivity index (χ0n) is 9.07. The van der Waals surface area contributed by atoms with Crippen molar-refractivity contribution in [2.24, 2.45) is 0 Å². The average Bonchev–Trinajstić information content (AvgIpc) is 2.65. The van der Waals surface area contributed by atoms with Crippen molar-refractivity contribution in [3.63, 3.8) is 0 Å². The van der Waals surface area contributed by atoms with Crippen molar-refractivity contribution >= 4 is 21.9 Å². The molecular weight excluding hydrogens is 258 g/mol. The summed E-state index contributed by atoms with van der Waals surface area (Å²) in [7, 11) is -3.83. The van der Waals surface area contributed by atoms with Gasteiger partial charge in [0.1, 0.15) is 6.04 Å². The van der Waals surface area contributed by atoms with E-state index in [4.69, 9.17) is 10.4 Å². The maximum Gasteiger partial charge on any atom is 0.323 e. The molecule has 1 aromatic rings. The predicted molar refractivity (Wildman–Crippen MR) is 62.0 cm³/mol. The summed E-state index contributed by atoms with van der Waals surface area (Å²) >= 11 is 0. The first kappa shape index (κ1) is 12.3. The van der Waals surface area contributed by atoms with Gasteiger partial charge in [0.2, 0.25) is 0 Å². The SMILES string of the molecule is N#Cc1ccc(N2CC(C(=O)O)NS2(=O)=O)cc1. The van der Waals surface area contributed by atoms with E-state index in [9.17, 15) is 13.2 Å². The van der Waals surface area contributed by atoms with E-state index >= 15 is 0 Å². The van der Waals surface area contributed by atoms with Crippen LogP contribution in [0.2, 0.25) is 0 Å². The maximum atomic E-state index is 11.7. The number of nitrogens with one attached hydrogen (secondary N) is 1. The molecule has 2 N–H and O–H groups in total. The summed E-state index contributed by atoms with van der Waals surface area (Å²) in [4.78, 5) is 10.8. The molecule has 18 heavy (non-hydrogen) atoms. The highest BCUT2D eigenvalue weighted by atomic mass is 32.2. The number of anilines is 1. The Balaban J connectivity index is 2.33. The number of carbonyl (C=O) groups is 1. The van der Waals surface area contributed by atoms with E-state index in [1.54, 1.807) is 0 Å². The van der Waals surface area contributed by atoms with Gasteiger partial charge < -0.3 is 5.11 Å². The van der Waals surface area contributed by atoms with Gasteiger partial charge in [0.05, 0.1) is 23.9 Å². The summed E-state index contributed by atoms with van der Waals surface area (Å²) < 4.78 is 26.4. The molecule has 94 valence electrons. The summed E-state index contributed by atoms with van der Waals surface area (Å²) in [5.41, 5.74) is 0.725. The van der Waals surface area contributed by atoms with Crippen LogP contribution in [0.15, 0.2) is 24.3 Å². The zero-order chi connectivity index (χ0) is 13.3. The Morgan fingerprint density at radius 3 is 2.50 bits per heavy atom. The topological polar surface area (TPSA) is 110 Å². The number of hydrogen-bond donors (Lipinski definition) is 2. The molecule has 0 saturated carbocycles. The van der Waals surface area contributed by atoms with Crippen LogP contribution in [-0.2, 0) is 15.0 Å². The summed E-state index contributed by atoms with van der Waals surface area (Å²) in [6, 6.07) is 6.62. The van der Waals surface area contributed by atoms with Crippen LogP contribution in [0.1, 0.15) is 5.56 Å². The van der Waals surface area contributed by atoms with Gasteiger partial charge in [-0.05, 0) is 24.3 Å². The summed E-state index contributed by atoms with van der Waals surface area (Å²) in [6.45, 7) is -0.177. The molecule has 0 aromatic heterocycles. The first-order valence-corrected chi connectivity index (χ1v) is 6.41. The van der Waals surface area contributed by atoms with Crippen LogP contribution in [-0.4, -0.2) is 32.1 Å². The largest absolute Gasteiger partial charge is 0.480 e. The minimum absolute atomic E-state index is 0.177. The van der Waals surface area contributed by atoms with Gasteiger partial charge >= 0.3 is 16.2 Å². The summed E-state index contributed by atoms with van der Waals surface area (Å²) in [5.74, 6) is -1.23. The van der Waals surface area contributed by atoms with Gasteiger partial charge in [-0.25, -0.2) is 0 Å². The van der Waals surface area contributed by atoms with E-state index in [0.717, 1.165) is 4.31 Å². The number of nitrogens with zero attached hydrogens (tertiary/aromatic N) is 2. The Morgan fingerprint density at radius 1 is 1.44 bits per heavy atom. The highest BCUT2D eigenvalue weighted by Gasteiger charge is 2.39. The molecule has 0 spiro atoms. The van der Waals surface area contributed by atoms with Gasteiger partial charge in [0, 0.05) is 0 Å². The lowest BCUT2D eigenvalue weighted by molar-refractivity contribution is -0.138. The van der Waals surface area contributed by atoms with Crippen LogP contribution in [0, 0.1) is 11.3 Å². The highest BCUT2D eigenvalue weighted by molar-refractivity contribution is 7.91. The van der Waals surface area contributed by atoms with Gasteiger partial charge in [-0.2, -0.15) is 18.4 Å². The van der Waals surface area contributed by atoms with Crippen LogP contribution in [0.4, 0.5) is 5.69 Å². The number of rotatable bonds is 2. The number of carboxylic acids is 1. The summed E-state index contributed by atoms with van der Waals surface area (Å²) in [6.07, 6.45) is 0. The Morgan fingerprint density at radius 2 is 2.06 bits per heavy atom. The second-order valence-corrected chi connectivity index (χ2v) is 5.33. The monoisotopic (exact) mass is 267 g/mol. The molecule has 1 atom stereocenters. The van der Waals surface area contributed by atoms with Crippen molar-refractivity contribution < 1.29 is 18.3 Å². The molecule has 1 aliphatic heterocycles. The third-order valence-electron chi connectivity index (χ3n) is 2.51. The molecule has 1 unspecified atom stereocenters. The first-order valence-electron chi connectivity index (χ1n) is 4.97. The van der Waals surface area contributed by atoms with E-state index in [0.29, 0.717) is 11.3 Å². The molecule has 0 aliphatic carbocycles. The minimum atomic E-state index is -3.83. The van der Waals surface area contributed by atoms with Crippen molar-refractivity contribution in [3.8, 4) is 6.07 Å². The second kappa shape index (κ2) is 4.29. The lowest BCUT2D eigenvalue weighted by atomic mass is 10.2. The fourth-order valence-electron chi connectivity index (χ4n) is 1.62. The van der Waals surface area contributed by atoms with Crippen molar-refractivity contribution in [1.29, 1.82) is 5.26 Å². The van der Waals surface area contributed by atoms with Gasteiger partial charge in [0.25, 0.3) is 0 Å². The molecule has 1 aromatic carbocycles. The van der Waals surface area contributed by atoms with E-state index in [-0.39, 0.29) is 6.54 Å². The lowest BCUT2D eigenvalue weighted by Crippen LogP contribution is -2.34. The van der Waals surface area contributed by atoms with Crippen LogP contribution >= 0.6 is 0 Å².